The number of cyclic esters (lactones) is 1. The summed E-state index contributed by atoms with van der Waals surface area (Å²) in [4.78, 5) is 32.2. The van der Waals surface area contributed by atoms with Crippen LogP contribution in [0.1, 0.15) is 6.92 Å². The molecule has 14 heavy (non-hydrogen) atoms. The number of carbonyl (C=O) groups is 2. The molecule has 0 N–H and O–H groups in total. The molecule has 0 amide bonds. The molecule has 0 fully saturated rings. The lowest BCUT2D eigenvalue weighted by Crippen LogP contribution is -2.20. The summed E-state index contributed by atoms with van der Waals surface area (Å²) < 4.78 is 9.21. The van der Waals surface area contributed by atoms with Gasteiger partial charge in [0.25, 0.3) is 0 Å². The van der Waals surface area contributed by atoms with Crippen LogP contribution in [0.15, 0.2) is 17.7 Å². The van der Waals surface area contributed by atoms with E-state index >= 15 is 0 Å². The quantitative estimate of drug-likeness (QED) is 0.355. The Hall–Kier alpha value is -1.87. The summed E-state index contributed by atoms with van der Waals surface area (Å²) in [6.07, 6.45) is 1.49. The second kappa shape index (κ2) is 4.39. The maximum atomic E-state index is 11.1. The molecule has 0 spiro atoms. The second-order valence-corrected chi connectivity index (χ2v) is 2.45. The predicted molar refractivity (Wildman–Crippen MR) is 44.9 cm³/mol. The van der Waals surface area contributed by atoms with Crippen LogP contribution in [0.4, 0.5) is 0 Å². The third-order valence-electron chi connectivity index (χ3n) is 1.54. The van der Waals surface area contributed by atoms with E-state index in [1.165, 1.54) is 12.0 Å². The minimum atomic E-state index is -0.959. The molecule has 0 bridgehead atoms. The largest absolute Gasteiger partial charge is 0.462 e. The highest BCUT2D eigenvalue weighted by molar-refractivity contribution is 6.00. The van der Waals surface area contributed by atoms with Crippen LogP contribution >= 0.6 is 0 Å². The molecule has 74 valence electrons. The SMILES string of the molecule is CCOC(=O)C(=C=O)[C@@H]1C=CC(=O)O1. The summed E-state index contributed by atoms with van der Waals surface area (Å²) in [5.74, 6) is 0.00898. The van der Waals surface area contributed by atoms with Crippen LogP contribution in [0, 0.1) is 0 Å². The van der Waals surface area contributed by atoms with Crippen molar-refractivity contribution in [2.75, 3.05) is 6.61 Å². The summed E-state index contributed by atoms with van der Waals surface area (Å²) in [6.45, 7) is 1.76. The van der Waals surface area contributed by atoms with Crippen LogP contribution in [0.2, 0.25) is 0 Å². The molecule has 5 heteroatoms. The summed E-state index contributed by atoms with van der Waals surface area (Å²) >= 11 is 0. The molecule has 0 aliphatic carbocycles. The fraction of sp³-hybridized carbons (Fsp3) is 0.333. The van der Waals surface area contributed by atoms with Gasteiger partial charge in [-0.25, -0.2) is 14.4 Å². The highest BCUT2D eigenvalue weighted by atomic mass is 16.6. The Bertz CT molecular complexity index is 335. The van der Waals surface area contributed by atoms with Gasteiger partial charge in [-0.15, -0.1) is 0 Å². The first-order chi connectivity index (χ1) is 6.69. The first-order valence-electron chi connectivity index (χ1n) is 4.00. The highest BCUT2D eigenvalue weighted by Crippen LogP contribution is 2.13. The Labute approximate surface area is 80.0 Å². The molecule has 1 aliphatic rings. The average Bonchev–Trinajstić information content (AvgIpc) is 2.54. The molecule has 0 aromatic carbocycles. The zero-order valence-corrected chi connectivity index (χ0v) is 7.48. The Morgan fingerprint density at radius 1 is 1.71 bits per heavy atom. The molecule has 0 aromatic heterocycles. The third kappa shape index (κ3) is 2.08. The maximum Gasteiger partial charge on any atom is 0.349 e. The van der Waals surface area contributed by atoms with Crippen LogP contribution in [-0.2, 0) is 23.9 Å². The zero-order valence-electron chi connectivity index (χ0n) is 7.48. The van der Waals surface area contributed by atoms with Gasteiger partial charge >= 0.3 is 11.9 Å². The monoisotopic (exact) mass is 196 g/mol. The van der Waals surface area contributed by atoms with Crippen molar-refractivity contribution in [3.05, 3.63) is 17.7 Å². The van der Waals surface area contributed by atoms with Crippen molar-refractivity contribution < 1.29 is 23.9 Å². The fourth-order valence-electron chi connectivity index (χ4n) is 0.950. The summed E-state index contributed by atoms with van der Waals surface area (Å²) in [6, 6.07) is 0. The molecular formula is C9H8O5. The molecule has 1 atom stereocenters. The van der Waals surface area contributed by atoms with Gasteiger partial charge in [0.05, 0.1) is 6.61 Å². The van der Waals surface area contributed by atoms with E-state index in [4.69, 9.17) is 0 Å². The van der Waals surface area contributed by atoms with Gasteiger partial charge in [-0.3, -0.25) is 0 Å². The maximum absolute atomic E-state index is 11.1. The fourth-order valence-corrected chi connectivity index (χ4v) is 0.950. The first kappa shape index (κ1) is 10.2. The zero-order chi connectivity index (χ0) is 10.6. The van der Waals surface area contributed by atoms with Crippen LogP contribution in [0.25, 0.3) is 0 Å². The Morgan fingerprint density at radius 2 is 2.43 bits per heavy atom. The van der Waals surface area contributed by atoms with E-state index in [-0.39, 0.29) is 12.2 Å². The number of esters is 2. The normalized spacial score (nSPS) is 18.6. The van der Waals surface area contributed by atoms with E-state index in [9.17, 15) is 14.4 Å². The van der Waals surface area contributed by atoms with E-state index < -0.39 is 18.0 Å². The summed E-state index contributed by atoms with van der Waals surface area (Å²) in [7, 11) is 0. The lowest BCUT2D eigenvalue weighted by molar-refractivity contribution is -0.142. The van der Waals surface area contributed by atoms with E-state index in [0.29, 0.717) is 0 Å². The van der Waals surface area contributed by atoms with Crippen molar-refractivity contribution in [3.63, 3.8) is 0 Å². The lowest BCUT2D eigenvalue weighted by atomic mass is 10.2. The number of rotatable bonds is 3. The van der Waals surface area contributed by atoms with Crippen LogP contribution in [0.3, 0.4) is 0 Å². The predicted octanol–water partition coefficient (Wildman–Crippen LogP) is -0.211. The van der Waals surface area contributed by atoms with Crippen molar-refractivity contribution in [2.24, 2.45) is 0 Å². The molecule has 5 nitrogen and oxygen atoms in total. The molecule has 1 aliphatic heterocycles. The number of carbonyl (C=O) groups excluding carboxylic acids is 3. The Balaban J connectivity index is 2.74. The summed E-state index contributed by atoms with van der Waals surface area (Å²) in [5, 5.41) is 0. The lowest BCUT2D eigenvalue weighted by Gasteiger charge is -2.08. The highest BCUT2D eigenvalue weighted by Gasteiger charge is 2.28. The second-order valence-electron chi connectivity index (χ2n) is 2.45. The third-order valence-corrected chi connectivity index (χ3v) is 1.54. The molecule has 0 radical (unpaired) electrons. The van der Waals surface area contributed by atoms with Gasteiger partial charge in [0.1, 0.15) is 5.94 Å². The molecule has 0 saturated heterocycles. The first-order valence-corrected chi connectivity index (χ1v) is 4.00. The van der Waals surface area contributed by atoms with Crippen molar-refractivity contribution >= 4 is 17.9 Å². The van der Waals surface area contributed by atoms with Gasteiger partial charge in [-0.1, -0.05) is 0 Å². The van der Waals surface area contributed by atoms with Gasteiger partial charge in [0, 0.05) is 6.08 Å². The number of ether oxygens (including phenoxy) is 2. The van der Waals surface area contributed by atoms with Gasteiger partial charge in [-0.05, 0) is 13.0 Å². The van der Waals surface area contributed by atoms with E-state index in [1.807, 2.05) is 0 Å². The summed E-state index contributed by atoms with van der Waals surface area (Å²) in [5.41, 5.74) is -0.325. The van der Waals surface area contributed by atoms with Gasteiger partial charge in [-0.2, -0.15) is 0 Å². The number of hydrogen-bond donors (Lipinski definition) is 0. The van der Waals surface area contributed by atoms with Crippen molar-refractivity contribution in [1.82, 2.24) is 0 Å². The Morgan fingerprint density at radius 3 is 2.86 bits per heavy atom. The van der Waals surface area contributed by atoms with Gasteiger partial charge in [0.2, 0.25) is 0 Å². The van der Waals surface area contributed by atoms with Crippen LogP contribution < -0.4 is 0 Å². The van der Waals surface area contributed by atoms with Crippen molar-refractivity contribution in [3.8, 4) is 0 Å². The molecule has 0 saturated carbocycles. The van der Waals surface area contributed by atoms with E-state index in [0.717, 1.165) is 6.08 Å². The smallest absolute Gasteiger partial charge is 0.349 e. The van der Waals surface area contributed by atoms with E-state index in [1.54, 1.807) is 6.92 Å². The van der Waals surface area contributed by atoms with E-state index in [2.05, 4.69) is 9.47 Å². The average molecular weight is 196 g/mol. The van der Waals surface area contributed by atoms with Crippen molar-refractivity contribution in [1.29, 1.82) is 0 Å². The Kier molecular flexibility index (Phi) is 3.20. The van der Waals surface area contributed by atoms with Gasteiger partial charge < -0.3 is 9.47 Å². The molecular weight excluding hydrogens is 188 g/mol. The van der Waals surface area contributed by atoms with Crippen LogP contribution in [0.5, 0.6) is 0 Å². The van der Waals surface area contributed by atoms with Crippen LogP contribution in [-0.4, -0.2) is 30.6 Å². The van der Waals surface area contributed by atoms with Gasteiger partial charge in [0.15, 0.2) is 11.7 Å². The minimum Gasteiger partial charge on any atom is -0.462 e. The minimum absolute atomic E-state index is 0.147. The molecule has 0 aromatic rings. The van der Waals surface area contributed by atoms with Crippen molar-refractivity contribution in [2.45, 2.75) is 13.0 Å². The molecule has 0 unspecified atom stereocenters. The standard InChI is InChI=1S/C9H8O5/c1-2-13-9(12)6(5-10)7-3-4-8(11)14-7/h3-4,7H,2H2,1H3/t7-/m0/s1. The molecule has 1 rings (SSSR count). The molecule has 1 heterocycles. The topological polar surface area (TPSA) is 69.7 Å². The number of hydrogen-bond acceptors (Lipinski definition) is 5.